The van der Waals surface area contributed by atoms with Crippen LogP contribution in [0.3, 0.4) is 0 Å². The maximum Gasteiger partial charge on any atom is 0.242 e. The Bertz CT molecular complexity index is 344. The van der Waals surface area contributed by atoms with Crippen LogP contribution in [0.15, 0.2) is 18.2 Å². The lowest BCUT2D eigenvalue weighted by atomic mass is 10.2. The number of benzene rings is 1. The molecule has 0 amide bonds. The number of carbonyl (C=O) groups excluding carboxylic acids is 1. The second-order valence-electron chi connectivity index (χ2n) is 4.05. The van der Waals surface area contributed by atoms with E-state index in [4.69, 9.17) is 16.0 Å². The molecule has 0 N–H and O–H groups in total. The number of hydrogen-bond acceptors (Lipinski definition) is 2. The first-order valence-electron chi connectivity index (χ1n) is 4.35. The fourth-order valence-corrected chi connectivity index (χ4v) is 2.12. The minimum atomic E-state index is -1.63. The third kappa shape index (κ3) is 3.52. The predicted octanol–water partition coefficient (Wildman–Crippen LogP) is 3.37. The minimum absolute atomic E-state index is 0.530. The maximum absolute atomic E-state index is 10.6. The summed E-state index contributed by atoms with van der Waals surface area (Å²) in [6, 6.07) is 5.05. The molecule has 1 aromatic rings. The van der Waals surface area contributed by atoms with Gasteiger partial charge in [-0.1, -0.05) is 11.6 Å². The van der Waals surface area contributed by atoms with Gasteiger partial charge in [-0.25, -0.2) is 0 Å². The first-order valence-corrected chi connectivity index (χ1v) is 8.14. The summed E-state index contributed by atoms with van der Waals surface area (Å²) in [6.45, 7) is 6.23. The molecular formula is C10H13ClO2Si. The zero-order valence-electron chi connectivity index (χ0n) is 8.50. The molecule has 1 aromatic carbocycles. The Morgan fingerprint density at radius 1 is 1.29 bits per heavy atom. The summed E-state index contributed by atoms with van der Waals surface area (Å²) >= 11 is 5.83. The third-order valence-corrected chi connectivity index (χ3v) is 2.52. The molecule has 2 nitrogen and oxygen atoms in total. The van der Waals surface area contributed by atoms with Crippen LogP contribution in [0, 0.1) is 0 Å². The molecule has 14 heavy (non-hydrogen) atoms. The summed E-state index contributed by atoms with van der Waals surface area (Å²) in [5.74, 6) is 0.679. The molecule has 0 saturated carbocycles. The lowest BCUT2D eigenvalue weighted by Crippen LogP contribution is -2.29. The predicted molar refractivity (Wildman–Crippen MR) is 60.8 cm³/mol. The van der Waals surface area contributed by atoms with Crippen LogP contribution in [-0.2, 0) is 0 Å². The van der Waals surface area contributed by atoms with Crippen LogP contribution in [0.1, 0.15) is 10.4 Å². The zero-order valence-corrected chi connectivity index (χ0v) is 10.3. The molecule has 0 aliphatic rings. The Morgan fingerprint density at radius 2 is 1.93 bits per heavy atom. The summed E-state index contributed by atoms with van der Waals surface area (Å²) in [5.41, 5.74) is 0.547. The molecule has 1 rings (SSSR count). The highest BCUT2D eigenvalue weighted by Gasteiger charge is 2.16. The Morgan fingerprint density at radius 3 is 2.43 bits per heavy atom. The highest BCUT2D eigenvalue weighted by Crippen LogP contribution is 2.22. The standard InChI is InChI=1S/C10H13ClO2Si/c1-14(2,3)13-10-5-8(7-12)4-9(11)6-10/h4-7H,1-3H3. The zero-order chi connectivity index (χ0) is 10.8. The van der Waals surface area contributed by atoms with E-state index in [1.54, 1.807) is 18.2 Å². The van der Waals surface area contributed by atoms with Crippen molar-refractivity contribution in [1.82, 2.24) is 0 Å². The highest BCUT2D eigenvalue weighted by atomic mass is 35.5. The first-order chi connectivity index (χ1) is 6.40. The lowest BCUT2D eigenvalue weighted by molar-refractivity contribution is 0.112. The van der Waals surface area contributed by atoms with Gasteiger partial charge in [-0.3, -0.25) is 4.79 Å². The van der Waals surface area contributed by atoms with E-state index in [0.717, 1.165) is 6.29 Å². The van der Waals surface area contributed by atoms with Crippen molar-refractivity contribution < 1.29 is 9.22 Å². The van der Waals surface area contributed by atoms with Crippen LogP contribution < -0.4 is 4.43 Å². The fraction of sp³-hybridized carbons (Fsp3) is 0.300. The largest absolute Gasteiger partial charge is 0.544 e. The van der Waals surface area contributed by atoms with E-state index >= 15 is 0 Å². The number of rotatable bonds is 3. The second-order valence-corrected chi connectivity index (χ2v) is 8.92. The van der Waals surface area contributed by atoms with Crippen molar-refractivity contribution in [2.24, 2.45) is 0 Å². The van der Waals surface area contributed by atoms with Crippen LogP contribution in [0.5, 0.6) is 5.75 Å². The number of hydrogen-bond donors (Lipinski definition) is 0. The first kappa shape index (κ1) is 11.3. The van der Waals surface area contributed by atoms with Crippen LogP contribution in [0.4, 0.5) is 0 Å². The molecule has 0 radical (unpaired) electrons. The molecule has 4 heteroatoms. The van der Waals surface area contributed by atoms with Crippen molar-refractivity contribution in [3.8, 4) is 5.75 Å². The van der Waals surface area contributed by atoms with E-state index in [1.807, 2.05) is 0 Å². The topological polar surface area (TPSA) is 26.3 Å². The number of carbonyl (C=O) groups is 1. The SMILES string of the molecule is C[Si](C)(C)Oc1cc(Cl)cc(C=O)c1. The van der Waals surface area contributed by atoms with Gasteiger partial charge >= 0.3 is 0 Å². The Kier molecular flexibility index (Phi) is 3.34. The minimum Gasteiger partial charge on any atom is -0.544 e. The fourth-order valence-electron chi connectivity index (χ4n) is 1.06. The molecule has 0 aliphatic carbocycles. The molecule has 0 unspecified atom stereocenters. The average Bonchev–Trinajstić information content (AvgIpc) is 1.99. The van der Waals surface area contributed by atoms with Crippen molar-refractivity contribution in [3.05, 3.63) is 28.8 Å². The smallest absolute Gasteiger partial charge is 0.242 e. The van der Waals surface area contributed by atoms with Crippen molar-refractivity contribution in [2.75, 3.05) is 0 Å². The summed E-state index contributed by atoms with van der Waals surface area (Å²) < 4.78 is 5.72. The van der Waals surface area contributed by atoms with Crippen LogP contribution in [0.25, 0.3) is 0 Å². The van der Waals surface area contributed by atoms with Gasteiger partial charge in [0.1, 0.15) is 12.0 Å². The van der Waals surface area contributed by atoms with Gasteiger partial charge in [0.25, 0.3) is 0 Å². The molecule has 0 aliphatic heterocycles. The summed E-state index contributed by atoms with van der Waals surface area (Å²) in [5, 5.41) is 0.530. The van der Waals surface area contributed by atoms with E-state index in [9.17, 15) is 4.79 Å². The quantitative estimate of drug-likeness (QED) is 0.586. The van der Waals surface area contributed by atoms with Crippen LogP contribution in [0.2, 0.25) is 24.7 Å². The molecule has 0 heterocycles. The molecule has 0 saturated heterocycles. The van der Waals surface area contributed by atoms with Crippen molar-refractivity contribution in [2.45, 2.75) is 19.6 Å². The van der Waals surface area contributed by atoms with Gasteiger partial charge < -0.3 is 4.43 Å². The van der Waals surface area contributed by atoms with Crippen LogP contribution in [-0.4, -0.2) is 14.6 Å². The summed E-state index contributed by atoms with van der Waals surface area (Å²) in [4.78, 5) is 10.6. The van der Waals surface area contributed by atoms with Crippen molar-refractivity contribution in [1.29, 1.82) is 0 Å². The van der Waals surface area contributed by atoms with Gasteiger partial charge in [-0.2, -0.15) is 0 Å². The van der Waals surface area contributed by atoms with Gasteiger partial charge in [0, 0.05) is 10.6 Å². The molecule has 0 aromatic heterocycles. The van der Waals surface area contributed by atoms with Crippen molar-refractivity contribution in [3.63, 3.8) is 0 Å². The maximum atomic E-state index is 10.6. The molecule has 0 atom stereocenters. The highest BCUT2D eigenvalue weighted by molar-refractivity contribution is 6.70. The normalized spacial score (nSPS) is 11.1. The molecule has 76 valence electrons. The number of halogens is 1. The average molecular weight is 229 g/mol. The van der Waals surface area contributed by atoms with E-state index in [1.165, 1.54) is 0 Å². The summed E-state index contributed by atoms with van der Waals surface area (Å²) in [7, 11) is -1.63. The van der Waals surface area contributed by atoms with E-state index < -0.39 is 8.32 Å². The monoisotopic (exact) mass is 228 g/mol. The van der Waals surface area contributed by atoms with E-state index in [-0.39, 0.29) is 0 Å². The van der Waals surface area contributed by atoms with Crippen LogP contribution >= 0.6 is 11.6 Å². The summed E-state index contributed by atoms with van der Waals surface area (Å²) in [6.07, 6.45) is 0.767. The Balaban J connectivity index is 2.98. The van der Waals surface area contributed by atoms with Gasteiger partial charge in [-0.05, 0) is 37.8 Å². The van der Waals surface area contributed by atoms with Crippen molar-refractivity contribution >= 4 is 26.2 Å². The molecule has 0 spiro atoms. The number of aldehydes is 1. The van der Waals surface area contributed by atoms with Gasteiger partial charge in [0.05, 0.1) is 0 Å². The Hall–Kier alpha value is -0.803. The molecular weight excluding hydrogens is 216 g/mol. The lowest BCUT2D eigenvalue weighted by Gasteiger charge is -2.19. The van der Waals surface area contributed by atoms with E-state index in [2.05, 4.69) is 19.6 Å². The van der Waals surface area contributed by atoms with E-state index in [0.29, 0.717) is 16.3 Å². The second kappa shape index (κ2) is 4.15. The Labute approximate surface area is 90.0 Å². The molecule has 0 fully saturated rings. The molecule has 0 bridgehead atoms. The van der Waals surface area contributed by atoms with Gasteiger partial charge in [0.2, 0.25) is 8.32 Å². The van der Waals surface area contributed by atoms with Gasteiger partial charge in [0.15, 0.2) is 0 Å². The third-order valence-electron chi connectivity index (χ3n) is 1.45. The van der Waals surface area contributed by atoms with Gasteiger partial charge in [-0.15, -0.1) is 0 Å².